The number of aromatic nitrogens is 2. The number of aromatic amines is 1. The molecule has 9 heteroatoms. The van der Waals surface area contributed by atoms with E-state index in [9.17, 15) is 18.4 Å². The minimum absolute atomic E-state index is 0.0374. The molecule has 0 aliphatic carbocycles. The van der Waals surface area contributed by atoms with Crippen LogP contribution in [-0.2, 0) is 9.59 Å². The number of amides is 2. The number of ether oxygens (including phenoxy) is 1. The SMILES string of the molecule is Cc1c(F)cccc1NC(=O)C(C(N)=O)c1ccc(Oc2ccnc3[nH]ccc23)c(F)c1. The van der Waals surface area contributed by atoms with Crippen molar-refractivity contribution in [1.29, 1.82) is 0 Å². The summed E-state index contributed by atoms with van der Waals surface area (Å²) in [4.78, 5) is 31.8. The zero-order valence-electron chi connectivity index (χ0n) is 16.9. The molecule has 2 heterocycles. The van der Waals surface area contributed by atoms with Crippen molar-refractivity contribution in [3.63, 3.8) is 0 Å². The van der Waals surface area contributed by atoms with Crippen molar-refractivity contribution in [3.05, 3.63) is 83.7 Å². The number of primary amides is 1. The topological polar surface area (TPSA) is 110 Å². The molecule has 0 spiro atoms. The lowest BCUT2D eigenvalue weighted by Gasteiger charge is -2.16. The van der Waals surface area contributed by atoms with Gasteiger partial charge in [-0.1, -0.05) is 12.1 Å². The Labute approximate surface area is 181 Å². The molecule has 0 saturated heterocycles. The van der Waals surface area contributed by atoms with E-state index in [-0.39, 0.29) is 22.6 Å². The third-order valence-electron chi connectivity index (χ3n) is 5.00. The largest absolute Gasteiger partial charge is 0.453 e. The maximum atomic E-state index is 14.8. The molecule has 1 unspecified atom stereocenters. The van der Waals surface area contributed by atoms with Crippen LogP contribution in [0, 0.1) is 18.6 Å². The maximum absolute atomic E-state index is 14.8. The van der Waals surface area contributed by atoms with E-state index in [4.69, 9.17) is 10.5 Å². The van der Waals surface area contributed by atoms with E-state index in [2.05, 4.69) is 15.3 Å². The zero-order valence-corrected chi connectivity index (χ0v) is 16.9. The molecule has 0 radical (unpaired) electrons. The molecule has 4 N–H and O–H groups in total. The lowest BCUT2D eigenvalue weighted by molar-refractivity contribution is -0.127. The summed E-state index contributed by atoms with van der Waals surface area (Å²) in [5.74, 6) is -4.29. The van der Waals surface area contributed by atoms with Crippen molar-refractivity contribution in [2.45, 2.75) is 12.8 Å². The summed E-state index contributed by atoms with van der Waals surface area (Å²) in [6.07, 6.45) is 3.20. The first-order valence-electron chi connectivity index (χ1n) is 9.60. The summed E-state index contributed by atoms with van der Waals surface area (Å²) >= 11 is 0. The second-order valence-corrected chi connectivity index (χ2v) is 7.08. The summed E-state index contributed by atoms with van der Waals surface area (Å²) in [5.41, 5.74) is 6.42. The fourth-order valence-electron chi connectivity index (χ4n) is 3.32. The number of halogens is 2. The monoisotopic (exact) mass is 436 g/mol. The van der Waals surface area contributed by atoms with Crippen LogP contribution in [0.2, 0.25) is 0 Å². The van der Waals surface area contributed by atoms with Gasteiger partial charge in [0.2, 0.25) is 11.8 Å². The Kier molecular flexibility index (Phi) is 5.55. The van der Waals surface area contributed by atoms with Gasteiger partial charge < -0.3 is 20.8 Å². The number of rotatable bonds is 6. The van der Waals surface area contributed by atoms with Gasteiger partial charge >= 0.3 is 0 Å². The standard InChI is InChI=1S/C23H18F2N4O3/c1-12-15(24)3-2-4-17(12)29-23(31)20(21(26)30)13-5-6-19(16(25)11-13)32-18-8-10-28-22-14(18)7-9-27-22/h2-11,20H,1H3,(H2,26,30)(H,27,28)(H,29,31). The van der Waals surface area contributed by atoms with Crippen LogP contribution in [0.1, 0.15) is 17.0 Å². The lowest BCUT2D eigenvalue weighted by Crippen LogP contribution is -2.32. The summed E-state index contributed by atoms with van der Waals surface area (Å²) in [5, 5.41) is 3.14. The average molecular weight is 436 g/mol. The molecular formula is C23H18F2N4O3. The van der Waals surface area contributed by atoms with Crippen LogP contribution in [0.4, 0.5) is 14.5 Å². The van der Waals surface area contributed by atoms with E-state index >= 15 is 0 Å². The van der Waals surface area contributed by atoms with Gasteiger partial charge in [-0.2, -0.15) is 0 Å². The normalized spacial score (nSPS) is 11.8. The third kappa shape index (κ3) is 4.00. The highest BCUT2D eigenvalue weighted by Gasteiger charge is 2.28. The van der Waals surface area contributed by atoms with Crippen molar-refractivity contribution < 1.29 is 23.1 Å². The van der Waals surface area contributed by atoms with Crippen LogP contribution in [0.15, 0.2) is 60.9 Å². The van der Waals surface area contributed by atoms with Gasteiger partial charge in [-0.3, -0.25) is 9.59 Å². The van der Waals surface area contributed by atoms with Gasteiger partial charge in [0.05, 0.1) is 5.39 Å². The van der Waals surface area contributed by atoms with E-state index < -0.39 is 29.4 Å². The van der Waals surface area contributed by atoms with Crippen LogP contribution in [0.5, 0.6) is 11.5 Å². The molecule has 32 heavy (non-hydrogen) atoms. The highest BCUT2D eigenvalue weighted by atomic mass is 19.1. The summed E-state index contributed by atoms with van der Waals surface area (Å²) < 4.78 is 34.2. The molecule has 4 aromatic rings. The number of fused-ring (bicyclic) bond motifs is 1. The fraction of sp³-hybridized carbons (Fsp3) is 0.0870. The van der Waals surface area contributed by atoms with Gasteiger partial charge in [0.15, 0.2) is 11.6 Å². The Bertz CT molecular complexity index is 1340. The summed E-state index contributed by atoms with van der Waals surface area (Å²) in [6, 6.07) is 11.2. The number of nitrogens with two attached hydrogens (primary N) is 1. The van der Waals surface area contributed by atoms with Gasteiger partial charge in [0.1, 0.15) is 23.1 Å². The number of nitrogens with zero attached hydrogens (tertiary/aromatic N) is 1. The molecule has 0 bridgehead atoms. The molecule has 0 aliphatic heterocycles. The number of hydrogen-bond acceptors (Lipinski definition) is 4. The average Bonchev–Trinajstić information content (AvgIpc) is 3.23. The van der Waals surface area contributed by atoms with Crippen LogP contribution < -0.4 is 15.8 Å². The van der Waals surface area contributed by atoms with E-state index in [0.29, 0.717) is 16.8 Å². The predicted molar refractivity (Wildman–Crippen MR) is 114 cm³/mol. The Hall–Kier alpha value is -4.27. The maximum Gasteiger partial charge on any atom is 0.241 e. The molecule has 4 rings (SSSR count). The molecule has 0 fully saturated rings. The molecule has 0 saturated carbocycles. The highest BCUT2D eigenvalue weighted by molar-refractivity contribution is 6.10. The minimum Gasteiger partial charge on any atom is -0.453 e. The molecule has 162 valence electrons. The lowest BCUT2D eigenvalue weighted by atomic mass is 9.96. The molecule has 2 aromatic heterocycles. The predicted octanol–water partition coefficient (Wildman–Crippen LogP) is 4.15. The van der Waals surface area contributed by atoms with E-state index in [1.54, 1.807) is 18.3 Å². The second kappa shape index (κ2) is 8.46. The molecule has 0 aliphatic rings. The van der Waals surface area contributed by atoms with Gasteiger partial charge in [0.25, 0.3) is 0 Å². The first-order chi connectivity index (χ1) is 15.3. The van der Waals surface area contributed by atoms with Crippen molar-refractivity contribution in [1.82, 2.24) is 9.97 Å². The summed E-state index contributed by atoms with van der Waals surface area (Å²) in [7, 11) is 0. The first kappa shape index (κ1) is 21.0. The van der Waals surface area contributed by atoms with Gasteiger partial charge in [-0.05, 0) is 48.9 Å². The van der Waals surface area contributed by atoms with E-state index in [1.807, 2.05) is 0 Å². The number of benzene rings is 2. The van der Waals surface area contributed by atoms with Crippen molar-refractivity contribution in [2.75, 3.05) is 5.32 Å². The molecule has 1 atom stereocenters. The Balaban J connectivity index is 1.60. The number of hydrogen-bond donors (Lipinski definition) is 3. The van der Waals surface area contributed by atoms with Crippen molar-refractivity contribution in [2.24, 2.45) is 5.73 Å². The van der Waals surface area contributed by atoms with Crippen molar-refractivity contribution in [3.8, 4) is 11.5 Å². The van der Waals surface area contributed by atoms with Crippen LogP contribution >= 0.6 is 0 Å². The second-order valence-electron chi connectivity index (χ2n) is 7.08. The summed E-state index contributed by atoms with van der Waals surface area (Å²) in [6.45, 7) is 1.48. The fourth-order valence-corrected chi connectivity index (χ4v) is 3.32. The quantitative estimate of drug-likeness (QED) is 0.395. The van der Waals surface area contributed by atoms with Crippen LogP contribution in [0.25, 0.3) is 11.0 Å². The number of carbonyl (C=O) groups excluding carboxylic acids is 2. The first-order valence-corrected chi connectivity index (χ1v) is 9.60. The third-order valence-corrected chi connectivity index (χ3v) is 5.00. The Morgan fingerprint density at radius 3 is 2.66 bits per heavy atom. The molecular weight excluding hydrogens is 418 g/mol. The smallest absolute Gasteiger partial charge is 0.241 e. The number of pyridine rings is 1. The van der Waals surface area contributed by atoms with Gasteiger partial charge in [-0.25, -0.2) is 13.8 Å². The molecule has 2 aromatic carbocycles. The van der Waals surface area contributed by atoms with Crippen molar-refractivity contribution >= 4 is 28.5 Å². The van der Waals surface area contributed by atoms with E-state index in [0.717, 1.165) is 6.07 Å². The zero-order chi connectivity index (χ0) is 22.8. The number of nitrogens with one attached hydrogen (secondary N) is 2. The number of H-pyrrole nitrogens is 1. The Morgan fingerprint density at radius 2 is 1.91 bits per heavy atom. The number of carbonyl (C=O) groups is 2. The Morgan fingerprint density at radius 1 is 1.09 bits per heavy atom. The van der Waals surface area contributed by atoms with Gasteiger partial charge in [-0.15, -0.1) is 0 Å². The minimum atomic E-state index is -1.49. The molecule has 2 amide bonds. The van der Waals surface area contributed by atoms with Gasteiger partial charge in [0, 0.05) is 23.6 Å². The molecule has 7 nitrogen and oxygen atoms in total. The van der Waals surface area contributed by atoms with Crippen LogP contribution in [0.3, 0.4) is 0 Å². The number of anilines is 1. The van der Waals surface area contributed by atoms with E-state index in [1.165, 1.54) is 43.5 Å². The highest BCUT2D eigenvalue weighted by Crippen LogP contribution is 2.32. The van der Waals surface area contributed by atoms with Crippen LogP contribution in [-0.4, -0.2) is 21.8 Å².